The zero-order chi connectivity index (χ0) is 14.2. The minimum absolute atomic E-state index is 0.908. The number of anilines is 1. The summed E-state index contributed by atoms with van der Waals surface area (Å²) in [6.45, 7) is 5.22. The van der Waals surface area contributed by atoms with Crippen molar-refractivity contribution in [3.05, 3.63) is 36.4 Å². The van der Waals surface area contributed by atoms with Gasteiger partial charge in [-0.1, -0.05) is 25.6 Å². The van der Waals surface area contributed by atoms with Crippen LogP contribution >= 0.6 is 11.8 Å². The van der Waals surface area contributed by atoms with Crippen molar-refractivity contribution in [2.45, 2.75) is 43.0 Å². The molecule has 20 heavy (non-hydrogen) atoms. The minimum Gasteiger partial charge on any atom is -0.370 e. The van der Waals surface area contributed by atoms with E-state index >= 15 is 0 Å². The molecule has 0 bridgehead atoms. The van der Waals surface area contributed by atoms with Crippen LogP contribution < -0.4 is 5.32 Å². The Morgan fingerprint density at radius 3 is 2.60 bits per heavy atom. The Kier molecular flexibility index (Phi) is 5.80. The summed E-state index contributed by atoms with van der Waals surface area (Å²) in [5, 5.41) is 4.32. The van der Waals surface area contributed by atoms with E-state index in [1.807, 2.05) is 18.2 Å². The summed E-state index contributed by atoms with van der Waals surface area (Å²) < 4.78 is 0. The summed E-state index contributed by atoms with van der Waals surface area (Å²) in [5.41, 5.74) is 0. The zero-order valence-corrected chi connectivity index (χ0v) is 12.8. The number of rotatable bonds is 7. The van der Waals surface area contributed by atoms with Crippen molar-refractivity contribution in [3.8, 4) is 0 Å². The smallest absolute Gasteiger partial charge is 0.132 e. The number of nitrogens with zero attached hydrogens (tertiary/aromatic N) is 3. The summed E-state index contributed by atoms with van der Waals surface area (Å²) in [5.74, 6) is 1.83. The standard InChI is InChI=1S/C15H20N4S/c1-3-5-13-18-14(17-8-4-2)11-15(19-13)20-12-6-9-16-10-7-12/h6-7,9-11H,3-5,8H2,1-2H3,(H,17,18,19). The molecular formula is C15H20N4S. The second-order valence-electron chi connectivity index (χ2n) is 4.47. The molecular weight excluding hydrogens is 268 g/mol. The molecule has 0 saturated carbocycles. The first kappa shape index (κ1) is 14.8. The second kappa shape index (κ2) is 7.85. The lowest BCUT2D eigenvalue weighted by Crippen LogP contribution is -2.05. The Morgan fingerprint density at radius 1 is 1.10 bits per heavy atom. The molecule has 0 fully saturated rings. The van der Waals surface area contributed by atoms with Gasteiger partial charge in [0.05, 0.1) is 0 Å². The average Bonchev–Trinajstić information content (AvgIpc) is 2.46. The van der Waals surface area contributed by atoms with Crippen LogP contribution in [0.3, 0.4) is 0 Å². The zero-order valence-electron chi connectivity index (χ0n) is 12.0. The Labute approximate surface area is 124 Å². The predicted molar refractivity (Wildman–Crippen MR) is 83.2 cm³/mol. The molecule has 106 valence electrons. The number of pyridine rings is 1. The molecule has 2 rings (SSSR count). The van der Waals surface area contributed by atoms with Crippen LogP contribution in [-0.2, 0) is 6.42 Å². The van der Waals surface area contributed by atoms with Gasteiger partial charge in [-0.2, -0.15) is 0 Å². The maximum Gasteiger partial charge on any atom is 0.132 e. The quantitative estimate of drug-likeness (QED) is 0.785. The second-order valence-corrected chi connectivity index (χ2v) is 5.56. The van der Waals surface area contributed by atoms with Gasteiger partial charge in [0.2, 0.25) is 0 Å². The molecule has 0 saturated heterocycles. The van der Waals surface area contributed by atoms with Gasteiger partial charge in [-0.05, 0) is 25.0 Å². The van der Waals surface area contributed by atoms with E-state index in [-0.39, 0.29) is 0 Å². The third-order valence-electron chi connectivity index (χ3n) is 2.65. The van der Waals surface area contributed by atoms with Crippen LogP contribution in [0.2, 0.25) is 0 Å². The molecule has 0 amide bonds. The van der Waals surface area contributed by atoms with Gasteiger partial charge in [0.15, 0.2) is 0 Å². The van der Waals surface area contributed by atoms with E-state index in [0.717, 1.165) is 47.4 Å². The van der Waals surface area contributed by atoms with Gasteiger partial charge in [0.1, 0.15) is 16.7 Å². The van der Waals surface area contributed by atoms with Gasteiger partial charge in [-0.15, -0.1) is 0 Å². The Bertz CT molecular complexity index is 531. The third kappa shape index (κ3) is 4.49. The van der Waals surface area contributed by atoms with E-state index in [2.05, 4.69) is 34.1 Å². The maximum atomic E-state index is 4.62. The first-order valence-electron chi connectivity index (χ1n) is 7.01. The molecule has 0 aliphatic carbocycles. The van der Waals surface area contributed by atoms with E-state index in [4.69, 9.17) is 0 Å². The fourth-order valence-electron chi connectivity index (χ4n) is 1.73. The number of nitrogens with one attached hydrogen (secondary N) is 1. The first-order chi connectivity index (χ1) is 9.81. The highest BCUT2D eigenvalue weighted by molar-refractivity contribution is 7.99. The van der Waals surface area contributed by atoms with Crippen molar-refractivity contribution in [2.24, 2.45) is 0 Å². The molecule has 1 N–H and O–H groups in total. The van der Waals surface area contributed by atoms with E-state index in [9.17, 15) is 0 Å². The highest BCUT2D eigenvalue weighted by atomic mass is 32.2. The van der Waals surface area contributed by atoms with Gasteiger partial charge >= 0.3 is 0 Å². The molecule has 0 spiro atoms. The van der Waals surface area contributed by atoms with Crippen LogP contribution in [0.15, 0.2) is 40.5 Å². The molecule has 0 aliphatic rings. The maximum absolute atomic E-state index is 4.62. The lowest BCUT2D eigenvalue weighted by atomic mass is 10.3. The molecule has 0 aliphatic heterocycles. The summed E-state index contributed by atoms with van der Waals surface area (Å²) in [6, 6.07) is 6.00. The number of aromatic nitrogens is 3. The molecule has 2 aromatic heterocycles. The molecule has 0 aromatic carbocycles. The van der Waals surface area contributed by atoms with E-state index in [0.29, 0.717) is 0 Å². The Morgan fingerprint density at radius 2 is 1.90 bits per heavy atom. The lowest BCUT2D eigenvalue weighted by Gasteiger charge is -2.09. The van der Waals surface area contributed by atoms with Gasteiger partial charge < -0.3 is 5.32 Å². The van der Waals surface area contributed by atoms with E-state index < -0.39 is 0 Å². The van der Waals surface area contributed by atoms with Crippen molar-refractivity contribution in [2.75, 3.05) is 11.9 Å². The van der Waals surface area contributed by atoms with Gasteiger partial charge in [0.25, 0.3) is 0 Å². The normalized spacial score (nSPS) is 10.5. The molecule has 4 nitrogen and oxygen atoms in total. The highest BCUT2D eigenvalue weighted by Gasteiger charge is 2.06. The summed E-state index contributed by atoms with van der Waals surface area (Å²) >= 11 is 1.64. The first-order valence-corrected chi connectivity index (χ1v) is 7.83. The van der Waals surface area contributed by atoms with E-state index in [1.54, 1.807) is 24.2 Å². The van der Waals surface area contributed by atoms with E-state index in [1.165, 1.54) is 0 Å². The Balaban J connectivity index is 2.19. The van der Waals surface area contributed by atoms with Crippen molar-refractivity contribution >= 4 is 17.6 Å². The number of hydrogen-bond acceptors (Lipinski definition) is 5. The molecule has 5 heteroatoms. The largest absolute Gasteiger partial charge is 0.370 e. The van der Waals surface area contributed by atoms with Crippen molar-refractivity contribution < 1.29 is 0 Å². The van der Waals surface area contributed by atoms with Crippen LogP contribution in [0.1, 0.15) is 32.5 Å². The van der Waals surface area contributed by atoms with Crippen molar-refractivity contribution in [1.29, 1.82) is 0 Å². The molecule has 0 unspecified atom stereocenters. The predicted octanol–water partition coefficient (Wildman–Crippen LogP) is 3.80. The van der Waals surface area contributed by atoms with Crippen molar-refractivity contribution in [3.63, 3.8) is 0 Å². The van der Waals surface area contributed by atoms with Gasteiger partial charge in [-0.25, -0.2) is 9.97 Å². The number of aryl methyl sites for hydroxylation is 1. The van der Waals surface area contributed by atoms with Crippen LogP contribution in [0.5, 0.6) is 0 Å². The molecule has 0 atom stereocenters. The Hall–Kier alpha value is -1.62. The van der Waals surface area contributed by atoms with Gasteiger partial charge in [-0.3, -0.25) is 4.98 Å². The van der Waals surface area contributed by atoms with Crippen LogP contribution in [0.4, 0.5) is 5.82 Å². The minimum atomic E-state index is 0.908. The average molecular weight is 288 g/mol. The lowest BCUT2D eigenvalue weighted by molar-refractivity contribution is 0.807. The third-order valence-corrected chi connectivity index (χ3v) is 3.58. The van der Waals surface area contributed by atoms with Gasteiger partial charge in [0, 0.05) is 36.3 Å². The summed E-state index contributed by atoms with van der Waals surface area (Å²) in [7, 11) is 0. The van der Waals surface area contributed by atoms with Crippen LogP contribution in [-0.4, -0.2) is 21.5 Å². The SMILES string of the molecule is CCCNc1cc(Sc2ccncc2)nc(CCC)n1. The summed E-state index contributed by atoms with van der Waals surface area (Å²) in [4.78, 5) is 14.3. The fraction of sp³-hybridized carbons (Fsp3) is 0.400. The summed E-state index contributed by atoms with van der Waals surface area (Å²) in [6.07, 6.45) is 6.64. The van der Waals surface area contributed by atoms with Crippen LogP contribution in [0, 0.1) is 0 Å². The molecule has 0 radical (unpaired) electrons. The number of hydrogen-bond donors (Lipinski definition) is 1. The highest BCUT2D eigenvalue weighted by Crippen LogP contribution is 2.27. The topological polar surface area (TPSA) is 50.7 Å². The van der Waals surface area contributed by atoms with Crippen molar-refractivity contribution in [1.82, 2.24) is 15.0 Å². The molecule has 2 heterocycles. The monoisotopic (exact) mass is 288 g/mol. The molecule has 2 aromatic rings. The fourth-order valence-corrected chi connectivity index (χ4v) is 2.55. The van der Waals surface area contributed by atoms with Crippen LogP contribution in [0.25, 0.3) is 0 Å².